The van der Waals surface area contributed by atoms with Gasteiger partial charge in [0.15, 0.2) is 8.32 Å². The van der Waals surface area contributed by atoms with Crippen LogP contribution in [0.1, 0.15) is 52.5 Å². The van der Waals surface area contributed by atoms with Crippen molar-refractivity contribution in [3.63, 3.8) is 0 Å². The predicted octanol–water partition coefficient (Wildman–Crippen LogP) is 5.99. The molecule has 4 rings (SSSR count). The van der Waals surface area contributed by atoms with E-state index >= 15 is 0 Å². The number of rotatable bonds is 4. The molecule has 1 aliphatic rings. The molecule has 0 amide bonds. The van der Waals surface area contributed by atoms with E-state index in [1.807, 2.05) is 31.7 Å². The first-order chi connectivity index (χ1) is 14.0. The summed E-state index contributed by atoms with van der Waals surface area (Å²) in [5.41, 5.74) is 2.96. The molecule has 0 radical (unpaired) electrons. The number of fused-ring (bicyclic) bond motifs is 1. The molecule has 0 unspecified atom stereocenters. The lowest BCUT2D eigenvalue weighted by molar-refractivity contribution is 0.116. The number of hydrogen-bond donors (Lipinski definition) is 0. The van der Waals surface area contributed by atoms with Crippen LogP contribution in [0.25, 0.3) is 22.2 Å². The van der Waals surface area contributed by atoms with Crippen LogP contribution < -0.4 is 0 Å². The maximum atomic E-state index is 6.68. The number of hydrogen-bond acceptors (Lipinski definition) is 4. The zero-order valence-electron chi connectivity index (χ0n) is 18.8. The van der Waals surface area contributed by atoms with Gasteiger partial charge in [-0.05, 0) is 43.8 Å². The van der Waals surface area contributed by atoms with Crippen LogP contribution in [-0.4, -0.2) is 39.0 Å². The molecular weight excluding hydrogens is 414 g/mol. The molecule has 0 bridgehead atoms. The Kier molecular flexibility index (Phi) is 5.57. The summed E-state index contributed by atoms with van der Waals surface area (Å²) in [4.78, 5) is 4.30. The van der Waals surface area contributed by atoms with Crippen LogP contribution in [-0.2, 0) is 11.5 Å². The van der Waals surface area contributed by atoms with E-state index in [1.54, 1.807) is 4.68 Å². The summed E-state index contributed by atoms with van der Waals surface area (Å²) in [6.45, 7) is 11.6. The molecule has 1 fully saturated rings. The molecule has 0 saturated heterocycles. The van der Waals surface area contributed by atoms with Crippen molar-refractivity contribution in [1.82, 2.24) is 24.5 Å². The topological polar surface area (TPSA) is 57.8 Å². The highest BCUT2D eigenvalue weighted by molar-refractivity contribution is 6.74. The van der Waals surface area contributed by atoms with Crippen LogP contribution in [0.5, 0.6) is 0 Å². The minimum absolute atomic E-state index is 0.240. The van der Waals surface area contributed by atoms with E-state index in [4.69, 9.17) is 21.1 Å². The summed E-state index contributed by atoms with van der Waals surface area (Å²) in [7, 11) is 0.178. The van der Waals surface area contributed by atoms with Crippen molar-refractivity contribution in [3.8, 4) is 11.3 Å². The number of aromatic nitrogens is 5. The molecule has 162 valence electrons. The Morgan fingerprint density at radius 3 is 2.43 bits per heavy atom. The zero-order chi connectivity index (χ0) is 21.7. The lowest BCUT2D eigenvalue weighted by Gasteiger charge is -2.41. The molecule has 0 aliphatic heterocycles. The average Bonchev–Trinajstić information content (AvgIpc) is 3.24. The Bertz CT molecular complexity index is 1040. The maximum Gasteiger partial charge on any atom is 0.192 e. The third-order valence-corrected chi connectivity index (χ3v) is 11.5. The summed E-state index contributed by atoms with van der Waals surface area (Å²) in [5.74, 6) is 0. The molecule has 6 nitrogen and oxygen atoms in total. The van der Waals surface area contributed by atoms with Gasteiger partial charge in [-0.3, -0.25) is 9.36 Å². The standard InChI is InChI=1S/C22H32ClN5OSi/c1-22(2,3)30(5,6)29-17-9-7-16(8-10-17)28-19-11-20(23)24-13-18(19)21(26-28)15-12-25-27(4)14-15/h11-14,16-17H,7-10H2,1-6H3. The van der Waals surface area contributed by atoms with E-state index < -0.39 is 8.32 Å². The van der Waals surface area contributed by atoms with E-state index in [0.717, 1.165) is 47.8 Å². The Balaban J connectivity index is 1.58. The summed E-state index contributed by atoms with van der Waals surface area (Å²) < 4.78 is 10.6. The summed E-state index contributed by atoms with van der Waals surface area (Å²) in [6.07, 6.45) is 10.3. The van der Waals surface area contributed by atoms with Crippen LogP contribution in [0, 0.1) is 0 Å². The van der Waals surface area contributed by atoms with Gasteiger partial charge in [0.2, 0.25) is 0 Å². The summed E-state index contributed by atoms with van der Waals surface area (Å²) in [6, 6.07) is 2.28. The van der Waals surface area contributed by atoms with E-state index in [-0.39, 0.29) is 5.04 Å². The minimum atomic E-state index is -1.74. The molecule has 3 heterocycles. The maximum absolute atomic E-state index is 6.68. The Labute approximate surface area is 184 Å². The first-order valence-corrected chi connectivity index (χ1v) is 14.0. The molecule has 0 aromatic carbocycles. The van der Waals surface area contributed by atoms with Gasteiger partial charge in [-0.25, -0.2) is 4.98 Å². The molecule has 30 heavy (non-hydrogen) atoms. The minimum Gasteiger partial charge on any atom is -0.414 e. The van der Waals surface area contributed by atoms with E-state index in [1.165, 1.54) is 0 Å². The molecule has 1 saturated carbocycles. The number of halogens is 1. The molecule has 0 spiro atoms. The summed E-state index contributed by atoms with van der Waals surface area (Å²) >= 11 is 6.24. The van der Waals surface area contributed by atoms with Gasteiger partial charge >= 0.3 is 0 Å². The molecule has 3 aromatic heterocycles. The monoisotopic (exact) mass is 445 g/mol. The van der Waals surface area contributed by atoms with Gasteiger partial charge in [0.25, 0.3) is 0 Å². The first-order valence-electron chi connectivity index (χ1n) is 10.8. The number of nitrogens with zero attached hydrogens (tertiary/aromatic N) is 5. The smallest absolute Gasteiger partial charge is 0.192 e. The van der Waals surface area contributed by atoms with Gasteiger partial charge in [0.1, 0.15) is 10.8 Å². The van der Waals surface area contributed by atoms with Gasteiger partial charge in [-0.2, -0.15) is 10.2 Å². The van der Waals surface area contributed by atoms with Crippen LogP contribution in [0.15, 0.2) is 24.7 Å². The molecule has 8 heteroatoms. The van der Waals surface area contributed by atoms with Crippen LogP contribution in [0.2, 0.25) is 23.3 Å². The molecule has 0 atom stereocenters. The average molecular weight is 446 g/mol. The van der Waals surface area contributed by atoms with Gasteiger partial charge in [0.05, 0.1) is 17.8 Å². The molecule has 0 N–H and O–H groups in total. The second-order valence-electron chi connectivity index (χ2n) is 10.0. The van der Waals surface area contributed by atoms with Crippen molar-refractivity contribution < 1.29 is 4.43 Å². The molecular formula is C22H32ClN5OSi. The van der Waals surface area contributed by atoms with Crippen LogP contribution in [0.3, 0.4) is 0 Å². The van der Waals surface area contributed by atoms with Crippen molar-refractivity contribution in [2.45, 2.75) is 76.7 Å². The van der Waals surface area contributed by atoms with Crippen molar-refractivity contribution in [1.29, 1.82) is 0 Å². The number of pyridine rings is 1. The molecule has 1 aliphatic carbocycles. The van der Waals surface area contributed by atoms with Crippen molar-refractivity contribution in [2.24, 2.45) is 7.05 Å². The van der Waals surface area contributed by atoms with E-state index in [9.17, 15) is 0 Å². The second kappa shape index (κ2) is 7.77. The highest BCUT2D eigenvalue weighted by atomic mass is 35.5. The third kappa shape index (κ3) is 4.07. The zero-order valence-corrected chi connectivity index (χ0v) is 20.6. The van der Waals surface area contributed by atoms with Crippen molar-refractivity contribution in [3.05, 3.63) is 29.8 Å². The van der Waals surface area contributed by atoms with Gasteiger partial charge < -0.3 is 4.43 Å². The largest absolute Gasteiger partial charge is 0.414 e. The van der Waals surface area contributed by atoms with E-state index in [2.05, 4.69) is 48.6 Å². The highest BCUT2D eigenvalue weighted by Crippen LogP contribution is 2.41. The SMILES string of the molecule is Cn1cc(-c2nn(C3CCC(O[Si](C)(C)C(C)(C)C)CC3)c3cc(Cl)ncc23)cn1. The lowest BCUT2D eigenvalue weighted by atomic mass is 9.93. The fourth-order valence-electron chi connectivity index (χ4n) is 4.04. The van der Waals surface area contributed by atoms with Crippen LogP contribution in [0.4, 0.5) is 0 Å². The lowest BCUT2D eigenvalue weighted by Crippen LogP contribution is -2.44. The van der Waals surface area contributed by atoms with Crippen molar-refractivity contribution in [2.75, 3.05) is 0 Å². The normalized spacial score (nSPS) is 20.8. The Hall–Kier alpha value is -1.70. The van der Waals surface area contributed by atoms with E-state index in [0.29, 0.717) is 17.3 Å². The third-order valence-electron chi connectivity index (χ3n) is 6.79. The second-order valence-corrected chi connectivity index (χ2v) is 15.2. The quantitative estimate of drug-likeness (QED) is 0.365. The molecule has 3 aromatic rings. The van der Waals surface area contributed by atoms with Crippen molar-refractivity contribution >= 4 is 30.8 Å². The Morgan fingerprint density at radius 2 is 1.83 bits per heavy atom. The van der Waals surface area contributed by atoms with Gasteiger partial charge in [0, 0.05) is 42.6 Å². The summed E-state index contributed by atoms with van der Waals surface area (Å²) in [5, 5.41) is 11.1. The Morgan fingerprint density at radius 1 is 1.13 bits per heavy atom. The number of aryl methyl sites for hydroxylation is 1. The highest BCUT2D eigenvalue weighted by Gasteiger charge is 2.40. The van der Waals surface area contributed by atoms with Gasteiger partial charge in [-0.15, -0.1) is 0 Å². The fourth-order valence-corrected chi connectivity index (χ4v) is 5.62. The first kappa shape index (κ1) is 21.5. The predicted molar refractivity (Wildman–Crippen MR) is 124 cm³/mol. The van der Waals surface area contributed by atoms with Crippen LogP contribution >= 0.6 is 11.6 Å². The fraction of sp³-hybridized carbons (Fsp3) is 0.591. The van der Waals surface area contributed by atoms with Gasteiger partial charge in [-0.1, -0.05) is 32.4 Å².